The number of carbonyl (C=O) groups is 1. The first-order chi connectivity index (χ1) is 11.2. The van der Waals surface area contributed by atoms with Crippen LogP contribution in [0.2, 0.25) is 0 Å². The smallest absolute Gasteiger partial charge is 0.298 e. The van der Waals surface area contributed by atoms with Crippen LogP contribution in [0.1, 0.15) is 21.5 Å². The lowest BCUT2D eigenvalue weighted by Gasteiger charge is -2.15. The number of para-hydroxylation sites is 1. The molecule has 126 valence electrons. The lowest BCUT2D eigenvalue weighted by Crippen LogP contribution is -2.30. The number of hydrogen-bond acceptors (Lipinski definition) is 4. The van der Waals surface area contributed by atoms with Crippen LogP contribution in [0.15, 0.2) is 42.5 Å². The Bertz CT molecular complexity index is 791. The molecule has 0 atom stereocenters. The molecule has 2 aromatic rings. The topological polar surface area (TPSA) is 84.3 Å². The molecule has 0 aromatic heterocycles. The van der Waals surface area contributed by atoms with E-state index < -0.39 is 22.6 Å². The van der Waals surface area contributed by atoms with Crippen molar-refractivity contribution in [2.75, 3.05) is 5.43 Å². The summed E-state index contributed by atoms with van der Waals surface area (Å²) in [5.41, 5.74) is 3.33. The number of nitrogens with zero attached hydrogens (tertiary/aromatic N) is 1. The molecule has 0 heterocycles. The quantitative estimate of drug-likeness (QED) is 0.657. The molecule has 0 saturated heterocycles. The number of rotatable bonds is 4. The van der Waals surface area contributed by atoms with Crippen molar-refractivity contribution in [3.05, 3.63) is 69.3 Å². The van der Waals surface area contributed by atoms with E-state index in [0.717, 1.165) is 12.1 Å². The number of carbonyl (C=O) groups excluding carboxylic acids is 1. The van der Waals surface area contributed by atoms with Crippen molar-refractivity contribution >= 4 is 17.3 Å². The van der Waals surface area contributed by atoms with Crippen molar-refractivity contribution in [3.63, 3.8) is 0 Å². The number of hydrazine groups is 1. The SMILES string of the molecule is Cc1cc(C(=O)NNc2ccccc2C(F)(F)F)ccc1[N+](=O)[O-]. The van der Waals surface area contributed by atoms with Crippen LogP contribution in [0.3, 0.4) is 0 Å². The monoisotopic (exact) mass is 339 g/mol. The average molecular weight is 339 g/mol. The standard InChI is InChI=1S/C15H12F3N3O3/c1-9-8-10(6-7-13(9)21(23)24)14(22)20-19-12-5-3-2-4-11(12)15(16,17)18/h2-8,19H,1H3,(H,20,22). The van der Waals surface area contributed by atoms with Crippen LogP contribution in [0.5, 0.6) is 0 Å². The Labute approximate surface area is 134 Å². The molecule has 6 nitrogen and oxygen atoms in total. The van der Waals surface area contributed by atoms with Crippen LogP contribution in [0.25, 0.3) is 0 Å². The van der Waals surface area contributed by atoms with Crippen molar-refractivity contribution < 1.29 is 22.9 Å². The predicted octanol–water partition coefficient (Wildman–Crippen LogP) is 3.68. The summed E-state index contributed by atoms with van der Waals surface area (Å²) in [5.74, 6) is -0.718. The van der Waals surface area contributed by atoms with Gasteiger partial charge in [-0.05, 0) is 31.2 Å². The van der Waals surface area contributed by atoms with Gasteiger partial charge in [-0.1, -0.05) is 12.1 Å². The molecule has 0 aliphatic heterocycles. The van der Waals surface area contributed by atoms with Crippen molar-refractivity contribution in [1.29, 1.82) is 0 Å². The van der Waals surface area contributed by atoms with Gasteiger partial charge in [-0.3, -0.25) is 25.8 Å². The van der Waals surface area contributed by atoms with Crippen molar-refractivity contribution in [1.82, 2.24) is 5.43 Å². The van der Waals surface area contributed by atoms with Gasteiger partial charge < -0.3 is 0 Å². The minimum absolute atomic E-state index is 0.0788. The number of aryl methyl sites for hydroxylation is 1. The summed E-state index contributed by atoms with van der Waals surface area (Å²) in [6.07, 6.45) is -4.57. The van der Waals surface area contributed by atoms with E-state index in [0.29, 0.717) is 0 Å². The third-order valence-corrected chi connectivity index (χ3v) is 3.20. The van der Waals surface area contributed by atoms with Crippen LogP contribution in [-0.2, 0) is 6.18 Å². The summed E-state index contributed by atoms with van der Waals surface area (Å²) in [5, 5.41) is 10.7. The Kier molecular flexibility index (Phi) is 4.72. The lowest BCUT2D eigenvalue weighted by atomic mass is 10.1. The highest BCUT2D eigenvalue weighted by Gasteiger charge is 2.33. The molecule has 0 saturated carbocycles. The summed E-state index contributed by atoms with van der Waals surface area (Å²) in [6, 6.07) is 8.33. The summed E-state index contributed by atoms with van der Waals surface area (Å²) < 4.78 is 38.6. The van der Waals surface area contributed by atoms with E-state index in [1.807, 2.05) is 0 Å². The van der Waals surface area contributed by atoms with E-state index in [4.69, 9.17) is 0 Å². The Balaban J connectivity index is 2.15. The van der Waals surface area contributed by atoms with E-state index in [9.17, 15) is 28.1 Å². The average Bonchev–Trinajstić information content (AvgIpc) is 2.51. The third kappa shape index (κ3) is 3.80. The van der Waals surface area contributed by atoms with Crippen molar-refractivity contribution in [3.8, 4) is 0 Å². The Morgan fingerprint density at radius 1 is 1.17 bits per heavy atom. The van der Waals surface area contributed by atoms with Gasteiger partial charge in [-0.2, -0.15) is 13.2 Å². The van der Waals surface area contributed by atoms with Gasteiger partial charge in [0.15, 0.2) is 0 Å². The summed E-state index contributed by atoms with van der Waals surface area (Å²) in [7, 11) is 0. The zero-order valence-electron chi connectivity index (χ0n) is 12.3. The Morgan fingerprint density at radius 3 is 2.42 bits per heavy atom. The number of nitro benzene ring substituents is 1. The number of amides is 1. The largest absolute Gasteiger partial charge is 0.418 e. The van der Waals surface area contributed by atoms with Gasteiger partial charge in [0.05, 0.1) is 16.2 Å². The van der Waals surface area contributed by atoms with Crippen molar-refractivity contribution in [2.45, 2.75) is 13.1 Å². The maximum absolute atomic E-state index is 12.9. The van der Waals surface area contributed by atoms with Gasteiger partial charge >= 0.3 is 6.18 Å². The first-order valence-electron chi connectivity index (χ1n) is 6.68. The molecular formula is C15H12F3N3O3. The van der Waals surface area contributed by atoms with E-state index in [-0.39, 0.29) is 22.5 Å². The molecule has 0 spiro atoms. The molecule has 2 rings (SSSR count). The number of nitrogens with one attached hydrogen (secondary N) is 2. The van der Waals surface area contributed by atoms with Gasteiger partial charge in [0.25, 0.3) is 11.6 Å². The van der Waals surface area contributed by atoms with Gasteiger partial charge in [0.1, 0.15) is 0 Å². The minimum Gasteiger partial charge on any atom is -0.298 e. The molecule has 0 unspecified atom stereocenters. The maximum Gasteiger partial charge on any atom is 0.418 e. The molecule has 0 aliphatic carbocycles. The van der Waals surface area contributed by atoms with Gasteiger partial charge in [-0.15, -0.1) is 0 Å². The summed E-state index contributed by atoms with van der Waals surface area (Å²) in [4.78, 5) is 22.1. The maximum atomic E-state index is 12.9. The zero-order chi connectivity index (χ0) is 17.9. The van der Waals surface area contributed by atoms with Crippen molar-refractivity contribution in [2.24, 2.45) is 0 Å². The summed E-state index contributed by atoms with van der Waals surface area (Å²) >= 11 is 0. The van der Waals surface area contributed by atoms with E-state index in [1.54, 1.807) is 0 Å². The van der Waals surface area contributed by atoms with Gasteiger partial charge in [0.2, 0.25) is 0 Å². The molecule has 2 N–H and O–H groups in total. The molecule has 24 heavy (non-hydrogen) atoms. The lowest BCUT2D eigenvalue weighted by molar-refractivity contribution is -0.385. The van der Waals surface area contributed by atoms with Gasteiger partial charge in [-0.25, -0.2) is 0 Å². The molecule has 1 amide bonds. The highest BCUT2D eigenvalue weighted by atomic mass is 19.4. The Hall–Kier alpha value is -3.10. The number of alkyl halides is 3. The predicted molar refractivity (Wildman–Crippen MR) is 80.4 cm³/mol. The highest BCUT2D eigenvalue weighted by molar-refractivity contribution is 5.95. The number of halogens is 3. The van der Waals surface area contributed by atoms with E-state index in [2.05, 4.69) is 10.9 Å². The van der Waals surface area contributed by atoms with Crippen LogP contribution in [-0.4, -0.2) is 10.8 Å². The second-order valence-corrected chi connectivity index (χ2v) is 4.88. The normalized spacial score (nSPS) is 11.0. The fourth-order valence-corrected chi connectivity index (χ4v) is 2.04. The second kappa shape index (κ2) is 6.57. The second-order valence-electron chi connectivity index (χ2n) is 4.88. The first kappa shape index (κ1) is 17.3. The van der Waals surface area contributed by atoms with Crippen LogP contribution in [0, 0.1) is 17.0 Å². The number of hydrogen-bond donors (Lipinski definition) is 2. The van der Waals surface area contributed by atoms with Crippen LogP contribution < -0.4 is 10.9 Å². The molecule has 0 aliphatic rings. The molecule has 0 radical (unpaired) electrons. The third-order valence-electron chi connectivity index (χ3n) is 3.20. The highest BCUT2D eigenvalue weighted by Crippen LogP contribution is 2.34. The first-order valence-corrected chi connectivity index (χ1v) is 6.68. The minimum atomic E-state index is -4.57. The molecule has 0 fully saturated rings. The van der Waals surface area contributed by atoms with Crippen LogP contribution >= 0.6 is 0 Å². The van der Waals surface area contributed by atoms with Crippen LogP contribution in [0.4, 0.5) is 24.5 Å². The number of nitro groups is 1. The van der Waals surface area contributed by atoms with E-state index >= 15 is 0 Å². The summed E-state index contributed by atoms with van der Waals surface area (Å²) in [6.45, 7) is 1.46. The fourth-order valence-electron chi connectivity index (χ4n) is 2.04. The van der Waals surface area contributed by atoms with Gasteiger partial charge in [0, 0.05) is 17.2 Å². The molecule has 9 heteroatoms. The number of anilines is 1. The molecular weight excluding hydrogens is 327 g/mol. The molecule has 0 bridgehead atoms. The Morgan fingerprint density at radius 2 is 1.83 bits per heavy atom. The zero-order valence-corrected chi connectivity index (χ0v) is 12.3. The molecule has 2 aromatic carbocycles. The van der Waals surface area contributed by atoms with E-state index in [1.165, 1.54) is 37.3 Å². The fraction of sp³-hybridized carbons (Fsp3) is 0.133. The number of benzene rings is 2.